The summed E-state index contributed by atoms with van der Waals surface area (Å²) in [6.07, 6.45) is 4.18. The molecule has 3 aromatic rings. The van der Waals surface area contributed by atoms with Crippen LogP contribution < -0.4 is 14.8 Å². The van der Waals surface area contributed by atoms with E-state index in [2.05, 4.69) is 10.3 Å². The fourth-order valence-corrected chi connectivity index (χ4v) is 3.05. The van der Waals surface area contributed by atoms with Gasteiger partial charge in [-0.2, -0.15) is 0 Å². The Morgan fingerprint density at radius 2 is 1.79 bits per heavy atom. The molecule has 0 fully saturated rings. The van der Waals surface area contributed by atoms with Crippen LogP contribution in [0.3, 0.4) is 0 Å². The Labute approximate surface area is 175 Å². The molecule has 0 unspecified atom stereocenters. The molecule has 6 heteroatoms. The van der Waals surface area contributed by atoms with Gasteiger partial charge in [0.2, 0.25) is 0 Å². The van der Waals surface area contributed by atoms with Crippen LogP contribution in [0.5, 0.6) is 11.5 Å². The van der Waals surface area contributed by atoms with Crippen LogP contribution in [0.2, 0.25) is 5.02 Å². The molecule has 2 aromatic carbocycles. The van der Waals surface area contributed by atoms with E-state index < -0.39 is 0 Å². The molecule has 150 valence electrons. The number of methoxy groups -OCH3 is 1. The molecule has 0 spiro atoms. The Balaban J connectivity index is 1.74. The second kappa shape index (κ2) is 9.94. The van der Waals surface area contributed by atoms with Crippen LogP contribution in [0.15, 0.2) is 67.0 Å². The van der Waals surface area contributed by atoms with Crippen LogP contribution >= 0.6 is 11.6 Å². The van der Waals surface area contributed by atoms with Crippen LogP contribution in [0.25, 0.3) is 0 Å². The number of hydrogen-bond acceptors (Lipinski definition) is 4. The van der Waals surface area contributed by atoms with E-state index in [0.29, 0.717) is 28.7 Å². The molecule has 0 bridgehead atoms. The van der Waals surface area contributed by atoms with Crippen LogP contribution in [0.1, 0.15) is 40.9 Å². The van der Waals surface area contributed by atoms with E-state index in [1.165, 1.54) is 0 Å². The monoisotopic (exact) mass is 410 g/mol. The molecule has 0 radical (unpaired) electrons. The van der Waals surface area contributed by atoms with E-state index in [9.17, 15) is 4.79 Å². The lowest BCUT2D eigenvalue weighted by atomic mass is 10.0. The van der Waals surface area contributed by atoms with Gasteiger partial charge in [0, 0.05) is 23.0 Å². The molecule has 1 N–H and O–H groups in total. The number of amides is 1. The Kier molecular flexibility index (Phi) is 7.09. The minimum atomic E-state index is -0.178. The van der Waals surface area contributed by atoms with Crippen LogP contribution in [0, 0.1) is 0 Å². The lowest BCUT2D eigenvalue weighted by molar-refractivity contribution is 0.0935. The molecule has 29 heavy (non-hydrogen) atoms. The Morgan fingerprint density at radius 1 is 1.07 bits per heavy atom. The van der Waals surface area contributed by atoms with Crippen molar-refractivity contribution in [2.24, 2.45) is 0 Å². The Hall–Kier alpha value is -3.05. The van der Waals surface area contributed by atoms with Gasteiger partial charge in [-0.05, 0) is 60.0 Å². The van der Waals surface area contributed by atoms with E-state index in [4.69, 9.17) is 21.1 Å². The average molecular weight is 411 g/mol. The predicted octanol–water partition coefficient (Wildman–Crippen LogP) is 5.20. The quantitative estimate of drug-likeness (QED) is 0.554. The zero-order valence-electron chi connectivity index (χ0n) is 16.4. The molecule has 3 rings (SSSR count). The van der Waals surface area contributed by atoms with Crippen molar-refractivity contribution in [2.45, 2.75) is 26.0 Å². The molecule has 1 heterocycles. The average Bonchev–Trinajstić information content (AvgIpc) is 2.77. The van der Waals surface area contributed by atoms with Gasteiger partial charge in [-0.1, -0.05) is 30.7 Å². The molecular weight excluding hydrogens is 388 g/mol. The highest BCUT2D eigenvalue weighted by molar-refractivity contribution is 6.30. The highest BCUT2D eigenvalue weighted by Crippen LogP contribution is 2.29. The molecule has 0 aliphatic heterocycles. The van der Waals surface area contributed by atoms with Crippen LogP contribution in [-0.4, -0.2) is 18.0 Å². The number of carbonyl (C=O) groups excluding carboxylic acids is 1. The first-order valence-corrected chi connectivity index (χ1v) is 9.74. The maximum absolute atomic E-state index is 12.8. The fraction of sp³-hybridized carbons (Fsp3) is 0.217. The molecule has 1 aromatic heterocycles. The standard InChI is InChI=1S/C23H23ClN2O3/c1-3-20(17-4-7-19(24)8-5-17)26-23(27)18-6-9-21(28-2)22(14-18)29-15-16-10-12-25-13-11-16/h4-14,20H,3,15H2,1-2H3,(H,26,27)/t20-/m0/s1. The lowest BCUT2D eigenvalue weighted by Crippen LogP contribution is -2.28. The minimum Gasteiger partial charge on any atom is -0.493 e. The van der Waals surface area contributed by atoms with Crippen molar-refractivity contribution < 1.29 is 14.3 Å². The third-order valence-corrected chi connectivity index (χ3v) is 4.81. The van der Waals surface area contributed by atoms with Crippen molar-refractivity contribution in [1.29, 1.82) is 0 Å². The van der Waals surface area contributed by atoms with Gasteiger partial charge in [-0.15, -0.1) is 0 Å². The Morgan fingerprint density at radius 3 is 2.45 bits per heavy atom. The van der Waals surface area contributed by atoms with E-state index in [1.807, 2.05) is 43.3 Å². The van der Waals surface area contributed by atoms with Gasteiger partial charge in [0.05, 0.1) is 13.2 Å². The first-order valence-electron chi connectivity index (χ1n) is 9.36. The largest absolute Gasteiger partial charge is 0.493 e. The van der Waals surface area contributed by atoms with E-state index in [0.717, 1.165) is 17.5 Å². The molecule has 0 aliphatic carbocycles. The molecule has 0 saturated carbocycles. The maximum Gasteiger partial charge on any atom is 0.251 e. The molecule has 0 aliphatic rings. The van der Waals surface area contributed by atoms with Gasteiger partial charge in [0.15, 0.2) is 11.5 Å². The van der Waals surface area contributed by atoms with Gasteiger partial charge in [-0.25, -0.2) is 0 Å². The number of aromatic nitrogens is 1. The molecule has 1 amide bonds. The van der Waals surface area contributed by atoms with Crippen molar-refractivity contribution in [3.8, 4) is 11.5 Å². The fourth-order valence-electron chi connectivity index (χ4n) is 2.93. The zero-order chi connectivity index (χ0) is 20.6. The maximum atomic E-state index is 12.8. The first-order chi connectivity index (χ1) is 14.1. The summed E-state index contributed by atoms with van der Waals surface area (Å²) in [6, 6.07) is 16.3. The third kappa shape index (κ3) is 5.48. The minimum absolute atomic E-state index is 0.108. The number of carbonyl (C=O) groups is 1. The summed E-state index contributed by atoms with van der Waals surface area (Å²) in [5.74, 6) is 0.903. The summed E-state index contributed by atoms with van der Waals surface area (Å²) >= 11 is 5.96. The van der Waals surface area contributed by atoms with Crippen molar-refractivity contribution >= 4 is 17.5 Å². The van der Waals surface area contributed by atoms with Crippen molar-refractivity contribution in [3.05, 3.63) is 88.7 Å². The smallest absolute Gasteiger partial charge is 0.251 e. The second-order valence-electron chi connectivity index (χ2n) is 6.50. The van der Waals surface area contributed by atoms with E-state index in [-0.39, 0.29) is 11.9 Å². The van der Waals surface area contributed by atoms with Crippen molar-refractivity contribution in [3.63, 3.8) is 0 Å². The van der Waals surface area contributed by atoms with E-state index in [1.54, 1.807) is 37.7 Å². The number of ether oxygens (including phenoxy) is 2. The summed E-state index contributed by atoms with van der Waals surface area (Å²) in [6.45, 7) is 2.38. The van der Waals surface area contributed by atoms with Gasteiger partial charge < -0.3 is 14.8 Å². The molecular formula is C23H23ClN2O3. The topological polar surface area (TPSA) is 60.5 Å². The number of benzene rings is 2. The number of nitrogens with zero attached hydrogens (tertiary/aromatic N) is 1. The van der Waals surface area contributed by atoms with Gasteiger partial charge in [0.1, 0.15) is 6.61 Å². The van der Waals surface area contributed by atoms with Crippen molar-refractivity contribution in [2.75, 3.05) is 7.11 Å². The highest BCUT2D eigenvalue weighted by atomic mass is 35.5. The summed E-state index contributed by atoms with van der Waals surface area (Å²) in [7, 11) is 1.57. The third-order valence-electron chi connectivity index (χ3n) is 4.56. The SMILES string of the molecule is CC[C@H](NC(=O)c1ccc(OC)c(OCc2ccncc2)c1)c1ccc(Cl)cc1. The van der Waals surface area contributed by atoms with Crippen LogP contribution in [0.4, 0.5) is 0 Å². The first kappa shape index (κ1) is 20.7. The normalized spacial score (nSPS) is 11.6. The Bertz CT molecular complexity index is 946. The number of hydrogen-bond donors (Lipinski definition) is 1. The summed E-state index contributed by atoms with van der Waals surface area (Å²) in [4.78, 5) is 16.8. The second-order valence-corrected chi connectivity index (χ2v) is 6.93. The lowest BCUT2D eigenvalue weighted by Gasteiger charge is -2.18. The van der Waals surface area contributed by atoms with Gasteiger partial charge in [0.25, 0.3) is 5.91 Å². The van der Waals surface area contributed by atoms with Crippen LogP contribution in [-0.2, 0) is 6.61 Å². The summed E-state index contributed by atoms with van der Waals surface area (Å²) < 4.78 is 11.3. The van der Waals surface area contributed by atoms with E-state index >= 15 is 0 Å². The molecule has 1 atom stereocenters. The predicted molar refractivity (Wildman–Crippen MR) is 114 cm³/mol. The number of nitrogens with one attached hydrogen (secondary N) is 1. The van der Waals surface area contributed by atoms with Gasteiger partial charge >= 0.3 is 0 Å². The van der Waals surface area contributed by atoms with Gasteiger partial charge in [-0.3, -0.25) is 9.78 Å². The zero-order valence-corrected chi connectivity index (χ0v) is 17.1. The molecule has 0 saturated heterocycles. The summed E-state index contributed by atoms with van der Waals surface area (Å²) in [5, 5.41) is 3.74. The highest BCUT2D eigenvalue weighted by Gasteiger charge is 2.16. The number of rotatable bonds is 8. The molecule has 5 nitrogen and oxygen atoms in total. The van der Waals surface area contributed by atoms with Crippen molar-refractivity contribution in [1.82, 2.24) is 10.3 Å². The number of pyridine rings is 1. The summed E-state index contributed by atoms with van der Waals surface area (Å²) in [5.41, 5.74) is 2.49. The number of halogens is 1.